The SMILES string of the molecule is CN[C@H](C)C(=O)N(CC(C)C)NC(=O)[C@H](CC(C)C)[C@H](C/C=C/c1ccccc1)C(=O)NO. The molecule has 0 radical (unpaired) electrons. The second kappa shape index (κ2) is 14.4. The highest BCUT2D eigenvalue weighted by Gasteiger charge is 2.35. The summed E-state index contributed by atoms with van der Waals surface area (Å²) in [7, 11) is 1.68. The van der Waals surface area contributed by atoms with Crippen molar-refractivity contribution in [3.8, 4) is 0 Å². The summed E-state index contributed by atoms with van der Waals surface area (Å²) in [6.45, 7) is 9.92. The first-order valence-corrected chi connectivity index (χ1v) is 11.5. The van der Waals surface area contributed by atoms with Gasteiger partial charge in [0.1, 0.15) is 0 Å². The molecule has 1 aromatic carbocycles. The van der Waals surface area contributed by atoms with Gasteiger partial charge in [-0.05, 0) is 44.2 Å². The molecule has 0 aromatic heterocycles. The summed E-state index contributed by atoms with van der Waals surface area (Å²) in [6.07, 6.45) is 4.40. The van der Waals surface area contributed by atoms with Crippen molar-refractivity contribution in [1.29, 1.82) is 0 Å². The number of likely N-dealkylation sites (N-methyl/N-ethyl adjacent to an activating group) is 1. The zero-order chi connectivity index (χ0) is 25.0. The fourth-order valence-corrected chi connectivity index (χ4v) is 3.54. The number of nitrogens with one attached hydrogen (secondary N) is 3. The maximum absolute atomic E-state index is 13.4. The van der Waals surface area contributed by atoms with Gasteiger partial charge in [-0.3, -0.25) is 30.0 Å². The Morgan fingerprint density at radius 2 is 1.61 bits per heavy atom. The highest BCUT2D eigenvalue weighted by atomic mass is 16.5. The van der Waals surface area contributed by atoms with Gasteiger partial charge in [-0.15, -0.1) is 0 Å². The van der Waals surface area contributed by atoms with Crippen molar-refractivity contribution < 1.29 is 19.6 Å². The number of carbonyl (C=O) groups is 3. The van der Waals surface area contributed by atoms with E-state index in [1.807, 2.05) is 70.2 Å². The zero-order valence-corrected chi connectivity index (χ0v) is 20.7. The smallest absolute Gasteiger partial charge is 0.257 e. The van der Waals surface area contributed by atoms with E-state index in [2.05, 4.69) is 10.7 Å². The Hall–Kier alpha value is -2.71. The molecule has 1 aromatic rings. The third kappa shape index (κ3) is 9.75. The largest absolute Gasteiger partial charge is 0.309 e. The number of hydroxylamine groups is 1. The van der Waals surface area contributed by atoms with Crippen molar-refractivity contribution in [3.63, 3.8) is 0 Å². The standard InChI is InChI=1S/C25H40N4O4/c1-17(2)15-22(23(30)27-29(16-18(3)4)25(32)19(5)26-6)21(24(31)28-33)14-10-13-20-11-8-7-9-12-20/h7-13,17-19,21-22,26,33H,14-16H2,1-6H3,(H,27,30)(H,28,31)/b13-10+/t19-,21+,22-/m1/s1. The molecule has 0 unspecified atom stereocenters. The molecule has 0 aliphatic rings. The van der Waals surface area contributed by atoms with Crippen LogP contribution >= 0.6 is 0 Å². The second-order valence-electron chi connectivity index (χ2n) is 9.20. The minimum atomic E-state index is -0.796. The van der Waals surface area contributed by atoms with Crippen LogP contribution in [0, 0.1) is 23.7 Å². The van der Waals surface area contributed by atoms with Gasteiger partial charge in [0.05, 0.1) is 17.9 Å². The molecule has 0 saturated carbocycles. The molecule has 3 atom stereocenters. The van der Waals surface area contributed by atoms with Crippen molar-refractivity contribution in [2.24, 2.45) is 23.7 Å². The van der Waals surface area contributed by atoms with E-state index in [0.29, 0.717) is 13.0 Å². The van der Waals surface area contributed by atoms with E-state index < -0.39 is 29.7 Å². The first kappa shape index (κ1) is 28.3. The summed E-state index contributed by atoms with van der Waals surface area (Å²) >= 11 is 0. The van der Waals surface area contributed by atoms with E-state index in [-0.39, 0.29) is 24.2 Å². The third-order valence-electron chi connectivity index (χ3n) is 5.36. The summed E-state index contributed by atoms with van der Waals surface area (Å²) < 4.78 is 0. The molecule has 8 nitrogen and oxygen atoms in total. The molecule has 1 rings (SSSR count). The van der Waals surface area contributed by atoms with Gasteiger partial charge in [-0.25, -0.2) is 5.48 Å². The molecular formula is C25H40N4O4. The summed E-state index contributed by atoms with van der Waals surface area (Å²) in [5.41, 5.74) is 5.44. The highest BCUT2D eigenvalue weighted by Crippen LogP contribution is 2.25. The lowest BCUT2D eigenvalue weighted by Gasteiger charge is -2.31. The molecule has 4 N–H and O–H groups in total. The monoisotopic (exact) mass is 460 g/mol. The minimum Gasteiger partial charge on any atom is -0.309 e. The molecule has 184 valence electrons. The average molecular weight is 461 g/mol. The lowest BCUT2D eigenvalue weighted by atomic mass is 9.82. The van der Waals surface area contributed by atoms with Crippen LogP contribution in [0.15, 0.2) is 36.4 Å². The van der Waals surface area contributed by atoms with E-state index in [1.54, 1.807) is 19.5 Å². The van der Waals surface area contributed by atoms with Gasteiger partial charge >= 0.3 is 0 Å². The van der Waals surface area contributed by atoms with Crippen molar-refractivity contribution in [2.45, 2.75) is 53.5 Å². The van der Waals surface area contributed by atoms with Crippen LogP contribution in [0.4, 0.5) is 0 Å². The molecule has 3 amide bonds. The fraction of sp³-hybridized carbons (Fsp3) is 0.560. The maximum Gasteiger partial charge on any atom is 0.257 e. The Morgan fingerprint density at radius 1 is 0.970 bits per heavy atom. The number of hydrazine groups is 1. The van der Waals surface area contributed by atoms with Gasteiger partial charge < -0.3 is 5.32 Å². The lowest BCUT2D eigenvalue weighted by Crippen LogP contribution is -2.56. The topological polar surface area (TPSA) is 111 Å². The van der Waals surface area contributed by atoms with Crippen molar-refractivity contribution in [3.05, 3.63) is 42.0 Å². The minimum absolute atomic E-state index is 0.123. The lowest BCUT2D eigenvalue weighted by molar-refractivity contribution is -0.148. The van der Waals surface area contributed by atoms with E-state index in [9.17, 15) is 19.6 Å². The highest BCUT2D eigenvalue weighted by molar-refractivity contribution is 5.89. The molecule has 0 saturated heterocycles. The van der Waals surface area contributed by atoms with Crippen LogP contribution < -0.4 is 16.2 Å². The van der Waals surface area contributed by atoms with E-state index in [4.69, 9.17) is 0 Å². The quantitative estimate of drug-likeness (QED) is 0.283. The van der Waals surface area contributed by atoms with E-state index >= 15 is 0 Å². The molecule has 0 aliphatic carbocycles. The first-order valence-electron chi connectivity index (χ1n) is 11.5. The number of allylic oxidation sites excluding steroid dienone is 1. The average Bonchev–Trinajstić information content (AvgIpc) is 2.78. The van der Waals surface area contributed by atoms with Crippen LogP contribution in [-0.2, 0) is 14.4 Å². The molecular weight excluding hydrogens is 420 g/mol. The summed E-state index contributed by atoms with van der Waals surface area (Å²) in [5, 5.41) is 13.6. The number of amides is 3. The van der Waals surface area contributed by atoms with Gasteiger partial charge in [-0.2, -0.15) is 0 Å². The van der Waals surface area contributed by atoms with Gasteiger partial charge in [0, 0.05) is 6.54 Å². The normalized spacial score (nSPS) is 14.2. The molecule has 8 heteroatoms. The molecule has 0 aliphatic heterocycles. The summed E-state index contributed by atoms with van der Waals surface area (Å²) in [6, 6.07) is 9.15. The predicted molar refractivity (Wildman–Crippen MR) is 130 cm³/mol. The Bertz CT molecular complexity index is 780. The van der Waals surface area contributed by atoms with Crippen LogP contribution in [0.25, 0.3) is 6.08 Å². The maximum atomic E-state index is 13.4. The number of benzene rings is 1. The second-order valence-corrected chi connectivity index (χ2v) is 9.20. The third-order valence-corrected chi connectivity index (χ3v) is 5.36. The molecule has 33 heavy (non-hydrogen) atoms. The van der Waals surface area contributed by atoms with Crippen molar-refractivity contribution >= 4 is 23.8 Å². The fourth-order valence-electron chi connectivity index (χ4n) is 3.54. The Balaban J connectivity index is 3.15. The first-order chi connectivity index (χ1) is 15.6. The molecule has 0 spiro atoms. The van der Waals surface area contributed by atoms with Crippen LogP contribution in [0.5, 0.6) is 0 Å². The summed E-state index contributed by atoms with van der Waals surface area (Å²) in [5.74, 6) is -2.57. The molecule has 0 bridgehead atoms. The van der Waals surface area contributed by atoms with Crippen molar-refractivity contribution in [1.82, 2.24) is 21.2 Å². The van der Waals surface area contributed by atoms with Crippen LogP contribution in [0.2, 0.25) is 0 Å². The number of hydrogen-bond donors (Lipinski definition) is 4. The molecule has 0 fully saturated rings. The van der Waals surface area contributed by atoms with Crippen LogP contribution in [0.3, 0.4) is 0 Å². The van der Waals surface area contributed by atoms with Crippen LogP contribution in [0.1, 0.15) is 53.0 Å². The van der Waals surface area contributed by atoms with Gasteiger partial charge in [0.15, 0.2) is 0 Å². The van der Waals surface area contributed by atoms with Gasteiger partial charge in [-0.1, -0.05) is 70.2 Å². The van der Waals surface area contributed by atoms with Gasteiger partial charge in [0.2, 0.25) is 11.8 Å². The van der Waals surface area contributed by atoms with E-state index in [0.717, 1.165) is 5.56 Å². The number of hydrogen-bond acceptors (Lipinski definition) is 5. The van der Waals surface area contributed by atoms with Crippen molar-refractivity contribution in [2.75, 3.05) is 13.6 Å². The van der Waals surface area contributed by atoms with E-state index in [1.165, 1.54) is 5.01 Å². The Labute approximate surface area is 197 Å². The Kier molecular flexibility index (Phi) is 12.4. The van der Waals surface area contributed by atoms with Gasteiger partial charge in [0.25, 0.3) is 5.91 Å². The zero-order valence-electron chi connectivity index (χ0n) is 20.7. The molecule has 0 heterocycles. The predicted octanol–water partition coefficient (Wildman–Crippen LogP) is 3.00. The number of rotatable bonds is 12. The number of carbonyl (C=O) groups excluding carboxylic acids is 3. The Morgan fingerprint density at radius 3 is 2.12 bits per heavy atom. The summed E-state index contributed by atoms with van der Waals surface area (Å²) in [4.78, 5) is 38.7. The number of nitrogens with zero attached hydrogens (tertiary/aromatic N) is 1. The van der Waals surface area contributed by atoms with Crippen LogP contribution in [-0.4, -0.2) is 47.6 Å².